The van der Waals surface area contributed by atoms with Crippen molar-refractivity contribution in [1.82, 2.24) is 29.5 Å². The maximum atomic E-state index is 13.8. The van der Waals surface area contributed by atoms with E-state index in [2.05, 4.69) is 24.9 Å². The molecule has 0 unspecified atom stereocenters. The summed E-state index contributed by atoms with van der Waals surface area (Å²) in [6, 6.07) is 4.44. The van der Waals surface area contributed by atoms with Crippen molar-refractivity contribution in [2.75, 3.05) is 18.6 Å². The van der Waals surface area contributed by atoms with E-state index >= 15 is 0 Å². The third-order valence-electron chi connectivity index (χ3n) is 4.21. The molecule has 0 saturated heterocycles. The molecule has 0 aliphatic carbocycles. The molecule has 0 saturated carbocycles. The van der Waals surface area contributed by atoms with E-state index in [0.29, 0.717) is 34.7 Å². The predicted molar refractivity (Wildman–Crippen MR) is 113 cm³/mol. The van der Waals surface area contributed by atoms with E-state index in [-0.39, 0.29) is 24.3 Å². The molecule has 0 fully saturated rings. The molecule has 0 bridgehead atoms. The first-order valence-electron chi connectivity index (χ1n) is 9.35. The number of ether oxygens (including phenoxy) is 1. The van der Waals surface area contributed by atoms with Crippen LogP contribution in [0.4, 0.5) is 10.2 Å². The summed E-state index contributed by atoms with van der Waals surface area (Å²) in [4.78, 5) is 20.9. The van der Waals surface area contributed by atoms with Gasteiger partial charge in [0.25, 0.3) is 0 Å². The average molecular weight is 459 g/mol. The van der Waals surface area contributed by atoms with E-state index in [9.17, 15) is 12.8 Å². The fourth-order valence-corrected chi connectivity index (χ4v) is 3.40. The molecule has 4 rings (SSSR count). The molecule has 4 heterocycles. The Morgan fingerprint density at radius 2 is 1.97 bits per heavy atom. The van der Waals surface area contributed by atoms with Crippen molar-refractivity contribution in [2.45, 2.75) is 13.5 Å². The Hall–Kier alpha value is -3.87. The Morgan fingerprint density at radius 1 is 1.16 bits per heavy atom. The molecule has 13 heteroatoms. The Bertz CT molecular complexity index is 1390. The van der Waals surface area contributed by atoms with Crippen LogP contribution >= 0.6 is 0 Å². The van der Waals surface area contributed by atoms with Crippen molar-refractivity contribution < 1.29 is 21.7 Å². The van der Waals surface area contributed by atoms with Crippen molar-refractivity contribution in [3.8, 4) is 23.3 Å². The third-order valence-corrected chi connectivity index (χ3v) is 4.69. The van der Waals surface area contributed by atoms with Crippen LogP contribution in [0.15, 0.2) is 36.8 Å². The third kappa shape index (κ3) is 4.56. The number of imidazole rings is 1. The van der Waals surface area contributed by atoms with E-state index in [1.165, 1.54) is 24.5 Å². The molecule has 4 aromatic heterocycles. The molecule has 0 aromatic carbocycles. The number of rotatable bonds is 7. The van der Waals surface area contributed by atoms with Crippen LogP contribution in [-0.4, -0.2) is 50.8 Å². The summed E-state index contributed by atoms with van der Waals surface area (Å²) in [5.41, 5.74) is 7.84. The molecule has 0 aliphatic rings. The molecule has 2 N–H and O–H groups in total. The second-order valence-electron chi connectivity index (χ2n) is 6.70. The lowest BCUT2D eigenvalue weighted by Gasteiger charge is -2.10. The van der Waals surface area contributed by atoms with Gasteiger partial charge in [-0.15, -0.1) is 0 Å². The van der Waals surface area contributed by atoms with Crippen LogP contribution in [0.2, 0.25) is 0 Å². The van der Waals surface area contributed by atoms with E-state index in [1.807, 2.05) is 0 Å². The Labute approximate surface area is 182 Å². The summed E-state index contributed by atoms with van der Waals surface area (Å²) >= 11 is 0. The van der Waals surface area contributed by atoms with Gasteiger partial charge in [-0.25, -0.2) is 14.4 Å². The summed E-state index contributed by atoms with van der Waals surface area (Å²) in [5, 5.41) is 0. The van der Waals surface area contributed by atoms with Gasteiger partial charge in [0.05, 0.1) is 25.6 Å². The summed E-state index contributed by atoms with van der Waals surface area (Å²) in [5.74, 6) is -0.124. The number of aromatic nitrogens is 6. The SMILES string of the molecule is CCOc1nc(N)c2nc(-c3cncc(F)c3)n(Cc3ccc(OS(C)(=O)=O)nc3)c2n1. The first-order valence-corrected chi connectivity index (χ1v) is 11.2. The summed E-state index contributed by atoms with van der Waals surface area (Å²) < 4.78 is 48.3. The van der Waals surface area contributed by atoms with E-state index in [0.717, 1.165) is 12.5 Å². The molecule has 0 atom stereocenters. The lowest BCUT2D eigenvalue weighted by molar-refractivity contribution is 0.314. The lowest BCUT2D eigenvalue weighted by Crippen LogP contribution is -2.08. The van der Waals surface area contributed by atoms with Gasteiger partial charge < -0.3 is 19.2 Å². The van der Waals surface area contributed by atoms with Gasteiger partial charge in [-0.1, -0.05) is 6.07 Å². The minimum absolute atomic E-state index is 0.0634. The van der Waals surface area contributed by atoms with Crippen LogP contribution in [-0.2, 0) is 16.7 Å². The smallest absolute Gasteiger partial charge is 0.320 e. The second-order valence-corrected chi connectivity index (χ2v) is 8.28. The monoisotopic (exact) mass is 459 g/mol. The molecular formula is C19H18FN7O4S. The summed E-state index contributed by atoms with van der Waals surface area (Å²) in [6.45, 7) is 2.33. The maximum absolute atomic E-state index is 13.8. The van der Waals surface area contributed by atoms with Crippen LogP contribution in [0, 0.1) is 5.82 Å². The van der Waals surface area contributed by atoms with Crippen LogP contribution < -0.4 is 14.7 Å². The average Bonchev–Trinajstić information content (AvgIpc) is 3.08. The second kappa shape index (κ2) is 8.34. The van der Waals surface area contributed by atoms with Crippen LogP contribution in [0.5, 0.6) is 11.9 Å². The zero-order chi connectivity index (χ0) is 22.9. The highest BCUT2D eigenvalue weighted by molar-refractivity contribution is 7.86. The van der Waals surface area contributed by atoms with Crippen LogP contribution in [0.1, 0.15) is 12.5 Å². The van der Waals surface area contributed by atoms with E-state index in [1.54, 1.807) is 17.6 Å². The highest BCUT2D eigenvalue weighted by atomic mass is 32.2. The molecule has 32 heavy (non-hydrogen) atoms. The molecule has 0 spiro atoms. The van der Waals surface area contributed by atoms with Gasteiger partial charge in [-0.05, 0) is 18.6 Å². The van der Waals surface area contributed by atoms with Gasteiger partial charge in [0, 0.05) is 24.0 Å². The van der Waals surface area contributed by atoms with Gasteiger partial charge >= 0.3 is 16.1 Å². The van der Waals surface area contributed by atoms with E-state index < -0.39 is 15.9 Å². The normalized spacial score (nSPS) is 11.6. The molecule has 0 radical (unpaired) electrons. The van der Waals surface area contributed by atoms with Crippen molar-refractivity contribution in [1.29, 1.82) is 0 Å². The fourth-order valence-electron chi connectivity index (χ4n) is 2.99. The van der Waals surface area contributed by atoms with Crippen molar-refractivity contribution in [2.24, 2.45) is 0 Å². The van der Waals surface area contributed by atoms with Crippen molar-refractivity contribution >= 4 is 27.1 Å². The highest BCUT2D eigenvalue weighted by Gasteiger charge is 2.19. The number of anilines is 1. The van der Waals surface area contributed by atoms with Gasteiger partial charge in [0.2, 0.25) is 5.88 Å². The molecule has 0 amide bonds. The minimum atomic E-state index is -3.70. The Balaban J connectivity index is 1.83. The number of hydrogen-bond donors (Lipinski definition) is 1. The first kappa shape index (κ1) is 21.4. The van der Waals surface area contributed by atoms with Crippen LogP contribution in [0.25, 0.3) is 22.6 Å². The number of halogens is 1. The fraction of sp³-hybridized carbons (Fsp3) is 0.211. The Morgan fingerprint density at radius 3 is 2.62 bits per heavy atom. The number of nitrogens with zero attached hydrogens (tertiary/aromatic N) is 6. The maximum Gasteiger partial charge on any atom is 0.320 e. The number of fused-ring (bicyclic) bond motifs is 1. The zero-order valence-corrected chi connectivity index (χ0v) is 17.9. The highest BCUT2D eigenvalue weighted by Crippen LogP contribution is 2.28. The van der Waals surface area contributed by atoms with Gasteiger partial charge in [0.15, 0.2) is 17.0 Å². The number of pyridine rings is 2. The lowest BCUT2D eigenvalue weighted by atomic mass is 10.2. The topological polar surface area (TPSA) is 148 Å². The largest absolute Gasteiger partial charge is 0.464 e. The predicted octanol–water partition coefficient (Wildman–Crippen LogP) is 1.79. The molecule has 4 aromatic rings. The number of nitrogens with two attached hydrogens (primary N) is 1. The minimum Gasteiger partial charge on any atom is -0.464 e. The molecule has 0 aliphatic heterocycles. The molecule has 166 valence electrons. The van der Waals surface area contributed by atoms with Crippen molar-refractivity contribution in [3.63, 3.8) is 0 Å². The number of nitrogen functional groups attached to an aromatic ring is 1. The van der Waals surface area contributed by atoms with Gasteiger partial charge in [-0.3, -0.25) is 4.98 Å². The quantitative estimate of drug-likeness (QED) is 0.405. The van der Waals surface area contributed by atoms with E-state index in [4.69, 9.17) is 14.7 Å². The summed E-state index contributed by atoms with van der Waals surface area (Å²) in [7, 11) is -3.70. The number of hydrogen-bond acceptors (Lipinski definition) is 10. The molecule has 11 nitrogen and oxygen atoms in total. The van der Waals surface area contributed by atoms with Gasteiger partial charge in [0.1, 0.15) is 11.6 Å². The summed E-state index contributed by atoms with van der Waals surface area (Å²) in [6.07, 6.45) is 4.94. The standard InChI is InChI=1S/C19H18FN7O4S/c1-3-30-19-25-16(21)15-18(26-19)27(17(24-15)12-6-13(20)9-22-8-12)10-11-4-5-14(23-7-11)31-32(2,28)29/h4-9H,3,10H2,1-2H3,(H2,21,25,26). The zero-order valence-electron chi connectivity index (χ0n) is 17.1. The van der Waals surface area contributed by atoms with Gasteiger partial charge in [-0.2, -0.15) is 18.4 Å². The van der Waals surface area contributed by atoms with Crippen LogP contribution in [0.3, 0.4) is 0 Å². The van der Waals surface area contributed by atoms with Crippen molar-refractivity contribution in [3.05, 3.63) is 48.2 Å². The first-order chi connectivity index (χ1) is 15.2. The molecular weight excluding hydrogens is 441 g/mol. The Kier molecular flexibility index (Phi) is 5.57.